The van der Waals surface area contributed by atoms with Crippen molar-refractivity contribution in [3.05, 3.63) is 58.7 Å². The van der Waals surface area contributed by atoms with E-state index in [-0.39, 0.29) is 17.2 Å². The van der Waals surface area contributed by atoms with Gasteiger partial charge in [-0.1, -0.05) is 18.2 Å². The van der Waals surface area contributed by atoms with Crippen LogP contribution in [0, 0.1) is 0 Å². The standard InChI is InChI=1S/C25H32N2O4/c1-25(2,10-9-18-7-8-22(28)23(15-18)30-3)27-16-19-5-4-6-20(21(19)17-27)24(29)26-11-13-31-14-12-26/h4-8,15,28H,9-14,16-17H2,1-3H3. The number of hydrogen-bond donors (Lipinski definition) is 1. The SMILES string of the molecule is COc1cc(CCC(C)(C)N2Cc3cccc(C(=O)N4CCOCC4)c3C2)ccc1O. The second-order valence-corrected chi connectivity index (χ2v) is 9.02. The van der Waals surface area contributed by atoms with Gasteiger partial charge in [-0.15, -0.1) is 0 Å². The lowest BCUT2D eigenvalue weighted by atomic mass is 9.93. The zero-order valence-electron chi connectivity index (χ0n) is 18.7. The summed E-state index contributed by atoms with van der Waals surface area (Å²) in [6.07, 6.45) is 1.84. The van der Waals surface area contributed by atoms with Gasteiger partial charge in [-0.25, -0.2) is 0 Å². The Kier molecular flexibility index (Phi) is 6.21. The molecule has 166 valence electrons. The number of morpholine rings is 1. The van der Waals surface area contributed by atoms with Gasteiger partial charge in [0.15, 0.2) is 11.5 Å². The van der Waals surface area contributed by atoms with Gasteiger partial charge in [0, 0.05) is 37.3 Å². The van der Waals surface area contributed by atoms with Gasteiger partial charge in [0.05, 0.1) is 20.3 Å². The number of ether oxygens (including phenoxy) is 2. The fraction of sp³-hybridized carbons (Fsp3) is 0.480. The Balaban J connectivity index is 1.46. The first kappa shape index (κ1) is 21.7. The molecule has 0 saturated carbocycles. The molecule has 2 heterocycles. The van der Waals surface area contributed by atoms with E-state index in [4.69, 9.17) is 9.47 Å². The lowest BCUT2D eigenvalue weighted by Gasteiger charge is -2.36. The van der Waals surface area contributed by atoms with Crippen LogP contribution in [0.1, 0.15) is 47.3 Å². The van der Waals surface area contributed by atoms with Crippen molar-refractivity contribution in [2.24, 2.45) is 0 Å². The van der Waals surface area contributed by atoms with Crippen LogP contribution in [0.15, 0.2) is 36.4 Å². The summed E-state index contributed by atoms with van der Waals surface area (Å²) >= 11 is 0. The van der Waals surface area contributed by atoms with Crippen molar-refractivity contribution >= 4 is 5.91 Å². The van der Waals surface area contributed by atoms with Crippen LogP contribution in [0.5, 0.6) is 11.5 Å². The van der Waals surface area contributed by atoms with E-state index >= 15 is 0 Å². The topological polar surface area (TPSA) is 62.2 Å². The average Bonchev–Trinajstić information content (AvgIpc) is 3.24. The van der Waals surface area contributed by atoms with Gasteiger partial charge >= 0.3 is 0 Å². The molecule has 0 spiro atoms. The molecule has 2 aliphatic heterocycles. The second-order valence-electron chi connectivity index (χ2n) is 9.02. The number of aromatic hydroxyl groups is 1. The van der Waals surface area contributed by atoms with Crippen LogP contribution in [0.2, 0.25) is 0 Å². The number of benzene rings is 2. The molecule has 1 N–H and O–H groups in total. The van der Waals surface area contributed by atoms with Crippen LogP contribution in [0.4, 0.5) is 0 Å². The van der Waals surface area contributed by atoms with Crippen LogP contribution in [-0.2, 0) is 24.2 Å². The Morgan fingerprint density at radius 2 is 1.94 bits per heavy atom. The number of phenolic OH excluding ortho intramolecular Hbond substituents is 1. The number of nitrogens with zero attached hydrogens (tertiary/aromatic N) is 2. The predicted octanol–water partition coefficient (Wildman–Crippen LogP) is 3.60. The number of carbonyl (C=O) groups excluding carboxylic acids is 1. The molecule has 1 amide bonds. The first-order valence-corrected chi connectivity index (χ1v) is 11.0. The molecule has 0 bridgehead atoms. The second kappa shape index (κ2) is 8.89. The third kappa shape index (κ3) is 4.55. The van der Waals surface area contributed by atoms with Crippen molar-refractivity contribution in [3.8, 4) is 11.5 Å². The summed E-state index contributed by atoms with van der Waals surface area (Å²) in [7, 11) is 1.57. The van der Waals surface area contributed by atoms with Crippen molar-refractivity contribution in [3.63, 3.8) is 0 Å². The highest BCUT2D eigenvalue weighted by Gasteiger charge is 2.34. The molecule has 6 nitrogen and oxygen atoms in total. The molecule has 0 atom stereocenters. The first-order valence-electron chi connectivity index (χ1n) is 11.0. The number of phenols is 1. The van der Waals surface area contributed by atoms with Crippen LogP contribution in [0.3, 0.4) is 0 Å². The molecule has 31 heavy (non-hydrogen) atoms. The minimum Gasteiger partial charge on any atom is -0.504 e. The van der Waals surface area contributed by atoms with Gasteiger partial charge in [-0.2, -0.15) is 0 Å². The molecule has 0 aliphatic carbocycles. The maximum Gasteiger partial charge on any atom is 0.254 e. The summed E-state index contributed by atoms with van der Waals surface area (Å²) in [5.74, 6) is 0.795. The summed E-state index contributed by atoms with van der Waals surface area (Å²) in [6.45, 7) is 8.71. The number of rotatable bonds is 6. The number of aryl methyl sites for hydroxylation is 1. The Labute approximate surface area is 184 Å². The number of methoxy groups -OCH3 is 1. The number of amides is 1. The maximum atomic E-state index is 13.1. The fourth-order valence-electron chi connectivity index (χ4n) is 4.47. The summed E-state index contributed by atoms with van der Waals surface area (Å²) in [5, 5.41) is 9.83. The highest BCUT2D eigenvalue weighted by molar-refractivity contribution is 5.96. The molecule has 0 radical (unpaired) electrons. The molecule has 0 unspecified atom stereocenters. The number of fused-ring (bicyclic) bond motifs is 1. The van der Waals surface area contributed by atoms with Gasteiger partial charge in [-0.05, 0) is 61.6 Å². The molecule has 4 rings (SSSR count). The largest absolute Gasteiger partial charge is 0.504 e. The van der Waals surface area contributed by atoms with Crippen molar-refractivity contribution < 1.29 is 19.4 Å². The van der Waals surface area contributed by atoms with Gasteiger partial charge in [0.25, 0.3) is 5.91 Å². The Hall–Kier alpha value is -2.57. The summed E-state index contributed by atoms with van der Waals surface area (Å²) in [6, 6.07) is 11.7. The van der Waals surface area contributed by atoms with E-state index in [0.29, 0.717) is 32.1 Å². The molecule has 0 aromatic heterocycles. The van der Waals surface area contributed by atoms with Crippen molar-refractivity contribution in [2.45, 2.75) is 45.3 Å². The minimum atomic E-state index is -0.0383. The predicted molar refractivity (Wildman–Crippen MR) is 119 cm³/mol. The van der Waals surface area contributed by atoms with E-state index < -0.39 is 0 Å². The molecular weight excluding hydrogens is 392 g/mol. The molecule has 2 aromatic carbocycles. The van der Waals surface area contributed by atoms with Crippen LogP contribution in [-0.4, -0.2) is 59.8 Å². The molecule has 6 heteroatoms. The zero-order valence-corrected chi connectivity index (χ0v) is 18.7. The van der Waals surface area contributed by atoms with Gasteiger partial charge < -0.3 is 19.5 Å². The highest BCUT2D eigenvalue weighted by Crippen LogP contribution is 2.35. The number of carbonyl (C=O) groups is 1. The summed E-state index contributed by atoms with van der Waals surface area (Å²) in [5.41, 5.74) is 4.35. The van der Waals surface area contributed by atoms with Crippen LogP contribution < -0.4 is 4.74 Å². The van der Waals surface area contributed by atoms with Crippen LogP contribution >= 0.6 is 0 Å². The number of hydrogen-bond acceptors (Lipinski definition) is 5. The lowest BCUT2D eigenvalue weighted by Crippen LogP contribution is -2.42. The van der Waals surface area contributed by atoms with E-state index in [1.165, 1.54) is 11.1 Å². The van der Waals surface area contributed by atoms with E-state index in [1.807, 2.05) is 29.2 Å². The zero-order chi connectivity index (χ0) is 22.0. The summed E-state index contributed by atoms with van der Waals surface area (Å²) < 4.78 is 10.6. The lowest BCUT2D eigenvalue weighted by molar-refractivity contribution is 0.0301. The van der Waals surface area contributed by atoms with Gasteiger partial charge in [0.1, 0.15) is 0 Å². The first-order chi connectivity index (χ1) is 14.9. The Morgan fingerprint density at radius 1 is 1.16 bits per heavy atom. The van der Waals surface area contributed by atoms with E-state index in [9.17, 15) is 9.90 Å². The Morgan fingerprint density at radius 3 is 2.68 bits per heavy atom. The molecule has 2 aliphatic rings. The maximum absolute atomic E-state index is 13.1. The Bertz CT molecular complexity index is 951. The third-order valence-corrected chi connectivity index (χ3v) is 6.64. The van der Waals surface area contributed by atoms with Crippen molar-refractivity contribution in [1.82, 2.24) is 9.80 Å². The smallest absolute Gasteiger partial charge is 0.254 e. The van der Waals surface area contributed by atoms with Crippen LogP contribution in [0.25, 0.3) is 0 Å². The van der Waals surface area contributed by atoms with E-state index in [1.54, 1.807) is 13.2 Å². The monoisotopic (exact) mass is 424 g/mol. The fourth-order valence-corrected chi connectivity index (χ4v) is 4.47. The average molecular weight is 425 g/mol. The van der Waals surface area contributed by atoms with E-state index in [2.05, 4.69) is 24.8 Å². The molecule has 2 aromatic rings. The van der Waals surface area contributed by atoms with Crippen molar-refractivity contribution in [1.29, 1.82) is 0 Å². The van der Waals surface area contributed by atoms with Gasteiger partial charge in [-0.3, -0.25) is 9.69 Å². The summed E-state index contributed by atoms with van der Waals surface area (Å²) in [4.78, 5) is 17.5. The minimum absolute atomic E-state index is 0.0383. The molecular formula is C25H32N2O4. The van der Waals surface area contributed by atoms with E-state index in [0.717, 1.165) is 37.1 Å². The quantitative estimate of drug-likeness (QED) is 0.768. The van der Waals surface area contributed by atoms with Crippen molar-refractivity contribution in [2.75, 3.05) is 33.4 Å². The highest BCUT2D eigenvalue weighted by atomic mass is 16.5. The van der Waals surface area contributed by atoms with Gasteiger partial charge in [0.2, 0.25) is 0 Å². The molecule has 1 saturated heterocycles. The third-order valence-electron chi connectivity index (χ3n) is 6.64. The normalized spacial score (nSPS) is 16.9. The molecule has 1 fully saturated rings.